The van der Waals surface area contributed by atoms with Gasteiger partial charge in [-0.05, 0) is 43.9 Å². The predicted molar refractivity (Wildman–Crippen MR) is 75.7 cm³/mol. The normalized spacial score (nSPS) is 15.8. The minimum Gasteiger partial charge on any atom is -0.466 e. The summed E-state index contributed by atoms with van der Waals surface area (Å²) in [4.78, 5) is 12.1. The summed E-state index contributed by atoms with van der Waals surface area (Å²) in [5, 5.41) is 10.8. The van der Waals surface area contributed by atoms with Crippen molar-refractivity contribution in [3.63, 3.8) is 0 Å². The van der Waals surface area contributed by atoms with Crippen LogP contribution in [0, 0.1) is 24.6 Å². The topological polar surface area (TPSA) is 46.5 Å². The molecular formula is C16H23FO3. The van der Waals surface area contributed by atoms with E-state index in [4.69, 9.17) is 4.74 Å². The lowest BCUT2D eigenvalue weighted by atomic mass is 9.76. The maximum Gasteiger partial charge on any atom is 0.312 e. The Morgan fingerprint density at radius 2 is 2.05 bits per heavy atom. The van der Waals surface area contributed by atoms with Crippen LogP contribution in [0.1, 0.15) is 38.8 Å². The van der Waals surface area contributed by atoms with Crippen LogP contribution in [0.15, 0.2) is 18.2 Å². The molecule has 112 valence electrons. The fourth-order valence-corrected chi connectivity index (χ4v) is 2.47. The van der Waals surface area contributed by atoms with Crippen LogP contribution in [0.2, 0.25) is 0 Å². The molecule has 0 aliphatic rings. The fourth-order valence-electron chi connectivity index (χ4n) is 2.47. The Labute approximate surface area is 119 Å². The molecule has 1 rings (SSSR count). The first kappa shape index (κ1) is 16.6. The number of hydrogen-bond acceptors (Lipinski definition) is 3. The smallest absolute Gasteiger partial charge is 0.312 e. The van der Waals surface area contributed by atoms with Crippen LogP contribution in [0.4, 0.5) is 4.39 Å². The second kappa shape index (κ2) is 6.35. The van der Waals surface area contributed by atoms with E-state index >= 15 is 0 Å². The monoisotopic (exact) mass is 282 g/mol. The van der Waals surface area contributed by atoms with Crippen LogP contribution in [0.3, 0.4) is 0 Å². The number of hydrogen-bond donors (Lipinski definition) is 1. The van der Waals surface area contributed by atoms with Gasteiger partial charge in [-0.1, -0.05) is 26.0 Å². The summed E-state index contributed by atoms with van der Waals surface area (Å²) in [6, 6.07) is 4.53. The number of aliphatic hydroxyl groups is 1. The molecule has 0 saturated heterocycles. The van der Waals surface area contributed by atoms with Crippen LogP contribution in [0.25, 0.3) is 0 Å². The highest BCUT2D eigenvalue weighted by molar-refractivity contribution is 5.74. The van der Waals surface area contributed by atoms with Gasteiger partial charge in [-0.25, -0.2) is 4.39 Å². The van der Waals surface area contributed by atoms with Crippen molar-refractivity contribution in [1.29, 1.82) is 0 Å². The molecule has 4 heteroatoms. The average Bonchev–Trinajstić information content (AvgIpc) is 2.31. The maximum atomic E-state index is 13.7. The number of esters is 1. The molecule has 1 aromatic carbocycles. The summed E-state index contributed by atoms with van der Waals surface area (Å²) in [5.41, 5.74) is -0.594. The molecule has 1 N–H and O–H groups in total. The van der Waals surface area contributed by atoms with Crippen LogP contribution in [0.5, 0.6) is 0 Å². The average molecular weight is 282 g/mol. The molecule has 2 unspecified atom stereocenters. The molecule has 0 saturated carbocycles. The third-order valence-electron chi connectivity index (χ3n) is 3.57. The molecule has 0 aliphatic carbocycles. The molecule has 0 aliphatic heterocycles. The highest BCUT2D eigenvalue weighted by atomic mass is 19.1. The van der Waals surface area contributed by atoms with Crippen LogP contribution in [-0.4, -0.2) is 17.7 Å². The Morgan fingerprint density at radius 3 is 2.50 bits per heavy atom. The minimum atomic E-state index is -1.48. The summed E-state index contributed by atoms with van der Waals surface area (Å²) >= 11 is 0. The molecule has 1 aromatic rings. The van der Waals surface area contributed by atoms with Gasteiger partial charge in [0.05, 0.1) is 12.5 Å². The molecular weight excluding hydrogens is 259 g/mol. The maximum absolute atomic E-state index is 13.7. The van der Waals surface area contributed by atoms with Gasteiger partial charge in [-0.15, -0.1) is 0 Å². The van der Waals surface area contributed by atoms with E-state index in [-0.39, 0.29) is 12.5 Å². The van der Waals surface area contributed by atoms with Crippen LogP contribution < -0.4 is 0 Å². The third-order valence-corrected chi connectivity index (χ3v) is 3.57. The molecule has 0 bridgehead atoms. The zero-order valence-corrected chi connectivity index (χ0v) is 12.7. The van der Waals surface area contributed by atoms with E-state index in [1.165, 1.54) is 13.0 Å². The molecule has 0 heterocycles. The molecule has 0 radical (unpaired) electrons. The van der Waals surface area contributed by atoms with Crippen molar-refractivity contribution in [1.82, 2.24) is 0 Å². The number of rotatable bonds is 5. The first-order valence-electron chi connectivity index (χ1n) is 6.87. The second-order valence-corrected chi connectivity index (χ2v) is 5.59. The molecule has 0 amide bonds. The van der Waals surface area contributed by atoms with E-state index in [1.807, 2.05) is 13.8 Å². The number of benzene rings is 1. The number of carbonyl (C=O) groups is 1. The largest absolute Gasteiger partial charge is 0.466 e. The summed E-state index contributed by atoms with van der Waals surface area (Å²) < 4.78 is 18.7. The van der Waals surface area contributed by atoms with E-state index in [0.717, 1.165) is 0 Å². The Hall–Kier alpha value is -1.42. The lowest BCUT2D eigenvalue weighted by molar-refractivity contribution is -0.161. The van der Waals surface area contributed by atoms with Crippen molar-refractivity contribution in [2.45, 2.75) is 40.2 Å². The number of aryl methyl sites for hydroxylation is 1. The molecule has 0 spiro atoms. The highest BCUT2D eigenvalue weighted by Crippen LogP contribution is 2.35. The van der Waals surface area contributed by atoms with Crippen molar-refractivity contribution in [3.05, 3.63) is 35.1 Å². The summed E-state index contributed by atoms with van der Waals surface area (Å²) in [6.45, 7) is 8.81. The van der Waals surface area contributed by atoms with E-state index in [2.05, 4.69) is 0 Å². The first-order chi connectivity index (χ1) is 9.21. The summed E-state index contributed by atoms with van der Waals surface area (Å²) in [6.07, 6.45) is 0. The quantitative estimate of drug-likeness (QED) is 0.844. The van der Waals surface area contributed by atoms with E-state index in [1.54, 1.807) is 26.0 Å². The van der Waals surface area contributed by atoms with Gasteiger partial charge in [0.2, 0.25) is 0 Å². The van der Waals surface area contributed by atoms with Crippen LogP contribution >= 0.6 is 0 Å². The van der Waals surface area contributed by atoms with Gasteiger partial charge in [-0.3, -0.25) is 4.79 Å². The lowest BCUT2D eigenvalue weighted by Gasteiger charge is -2.34. The van der Waals surface area contributed by atoms with Gasteiger partial charge in [-0.2, -0.15) is 0 Å². The van der Waals surface area contributed by atoms with Crippen molar-refractivity contribution in [2.24, 2.45) is 11.8 Å². The number of carbonyl (C=O) groups excluding carboxylic acids is 1. The van der Waals surface area contributed by atoms with E-state index in [9.17, 15) is 14.3 Å². The zero-order chi connectivity index (χ0) is 15.5. The Kier molecular flexibility index (Phi) is 5.28. The van der Waals surface area contributed by atoms with Crippen molar-refractivity contribution < 1.29 is 19.0 Å². The second-order valence-electron chi connectivity index (χ2n) is 5.59. The van der Waals surface area contributed by atoms with E-state index < -0.39 is 23.3 Å². The summed E-state index contributed by atoms with van der Waals surface area (Å²) in [5.74, 6) is -1.74. The van der Waals surface area contributed by atoms with Crippen molar-refractivity contribution in [2.75, 3.05) is 6.61 Å². The Morgan fingerprint density at radius 1 is 1.45 bits per heavy atom. The molecule has 0 aromatic heterocycles. The van der Waals surface area contributed by atoms with Gasteiger partial charge in [0, 0.05) is 0 Å². The molecule has 3 nitrogen and oxygen atoms in total. The van der Waals surface area contributed by atoms with Gasteiger partial charge in [0.15, 0.2) is 0 Å². The standard InChI is InChI=1S/C16H23FO3/c1-6-20-15(18)14(10(2)3)16(5,19)12-8-7-11(4)13(17)9-12/h7-10,14,19H,6H2,1-5H3. The molecule has 2 atom stereocenters. The molecule has 20 heavy (non-hydrogen) atoms. The third kappa shape index (κ3) is 3.37. The van der Waals surface area contributed by atoms with Crippen molar-refractivity contribution >= 4 is 5.97 Å². The van der Waals surface area contributed by atoms with Crippen molar-refractivity contribution in [3.8, 4) is 0 Å². The zero-order valence-electron chi connectivity index (χ0n) is 12.7. The summed E-state index contributed by atoms with van der Waals surface area (Å²) in [7, 11) is 0. The highest BCUT2D eigenvalue weighted by Gasteiger charge is 2.42. The first-order valence-corrected chi connectivity index (χ1v) is 6.87. The SMILES string of the molecule is CCOC(=O)C(C(C)C)C(C)(O)c1ccc(C)c(F)c1. The number of halogens is 1. The fraction of sp³-hybridized carbons (Fsp3) is 0.562. The van der Waals surface area contributed by atoms with Gasteiger partial charge in [0.25, 0.3) is 0 Å². The van der Waals surface area contributed by atoms with Crippen LogP contribution in [-0.2, 0) is 15.1 Å². The lowest BCUT2D eigenvalue weighted by Crippen LogP contribution is -2.41. The Balaban J connectivity index is 3.21. The van der Waals surface area contributed by atoms with Gasteiger partial charge >= 0.3 is 5.97 Å². The van der Waals surface area contributed by atoms with Gasteiger partial charge in [0.1, 0.15) is 11.4 Å². The molecule has 0 fully saturated rings. The van der Waals surface area contributed by atoms with E-state index in [0.29, 0.717) is 11.1 Å². The minimum absolute atomic E-state index is 0.131. The predicted octanol–water partition coefficient (Wildman–Crippen LogP) is 3.18. The number of ether oxygens (including phenoxy) is 1. The Bertz CT molecular complexity index is 481. The van der Waals surface area contributed by atoms with Gasteiger partial charge < -0.3 is 9.84 Å².